The number of Topliss-reactive ketones (excluding diaryl/α,β-unsaturated/α-hetero) is 1. The molecule has 1 atom stereocenters. The van der Waals surface area contributed by atoms with Gasteiger partial charge in [0.15, 0.2) is 5.82 Å². The van der Waals surface area contributed by atoms with Crippen molar-refractivity contribution < 1.29 is 4.79 Å². The van der Waals surface area contributed by atoms with Crippen LogP contribution in [0.4, 0.5) is 5.82 Å². The molecular formula is C13H19N3O2. The van der Waals surface area contributed by atoms with Crippen LogP contribution in [0.5, 0.6) is 0 Å². The molecule has 0 N–H and O–H groups in total. The predicted octanol–water partition coefficient (Wildman–Crippen LogP) is 1.07. The molecule has 2 heterocycles. The van der Waals surface area contributed by atoms with Crippen LogP contribution in [0, 0.1) is 5.92 Å². The van der Waals surface area contributed by atoms with Crippen LogP contribution in [-0.4, -0.2) is 28.4 Å². The van der Waals surface area contributed by atoms with E-state index in [1.54, 1.807) is 23.9 Å². The Morgan fingerprint density at radius 1 is 1.56 bits per heavy atom. The number of rotatable bonds is 3. The molecule has 5 heteroatoms. The Hall–Kier alpha value is -1.65. The van der Waals surface area contributed by atoms with Gasteiger partial charge in [0.2, 0.25) is 0 Å². The van der Waals surface area contributed by atoms with Gasteiger partial charge in [-0.1, -0.05) is 0 Å². The molecule has 98 valence electrons. The lowest BCUT2D eigenvalue weighted by atomic mass is 9.95. The quantitative estimate of drug-likeness (QED) is 0.804. The maximum absolute atomic E-state index is 12.1. The lowest BCUT2D eigenvalue weighted by molar-refractivity contribution is -0.120. The zero-order valence-electron chi connectivity index (χ0n) is 10.9. The SMILES string of the molecule is CCn1ccnc(N2CCCC(C(C)=O)C2)c1=O. The Labute approximate surface area is 106 Å². The zero-order chi connectivity index (χ0) is 13.1. The Kier molecular flexibility index (Phi) is 3.79. The monoisotopic (exact) mass is 249 g/mol. The van der Waals surface area contributed by atoms with Crippen molar-refractivity contribution in [1.82, 2.24) is 9.55 Å². The van der Waals surface area contributed by atoms with Crippen molar-refractivity contribution in [2.45, 2.75) is 33.2 Å². The minimum Gasteiger partial charge on any atom is -0.351 e. The second-order valence-electron chi connectivity index (χ2n) is 4.74. The highest BCUT2D eigenvalue weighted by atomic mass is 16.1. The van der Waals surface area contributed by atoms with Gasteiger partial charge in [0.05, 0.1) is 0 Å². The van der Waals surface area contributed by atoms with Gasteiger partial charge in [0.1, 0.15) is 5.78 Å². The first kappa shape index (κ1) is 12.8. The first-order chi connectivity index (χ1) is 8.63. The summed E-state index contributed by atoms with van der Waals surface area (Å²) in [4.78, 5) is 29.7. The fourth-order valence-corrected chi connectivity index (χ4v) is 2.40. The summed E-state index contributed by atoms with van der Waals surface area (Å²) in [6.07, 6.45) is 5.20. The van der Waals surface area contributed by atoms with E-state index in [2.05, 4.69) is 4.98 Å². The largest absolute Gasteiger partial charge is 0.351 e. The standard InChI is InChI=1S/C13H19N3O2/c1-3-15-8-6-14-12(13(15)18)16-7-4-5-11(9-16)10(2)17/h6,8,11H,3-5,7,9H2,1-2H3. The average molecular weight is 249 g/mol. The van der Waals surface area contributed by atoms with E-state index in [0.717, 1.165) is 19.4 Å². The Bertz CT molecular complexity index is 495. The second kappa shape index (κ2) is 5.33. The van der Waals surface area contributed by atoms with E-state index in [0.29, 0.717) is 18.9 Å². The number of hydrogen-bond acceptors (Lipinski definition) is 4. The van der Waals surface area contributed by atoms with E-state index in [9.17, 15) is 9.59 Å². The number of aryl methyl sites for hydroxylation is 1. The van der Waals surface area contributed by atoms with Crippen LogP contribution in [0.2, 0.25) is 0 Å². The minimum absolute atomic E-state index is 0.0373. The van der Waals surface area contributed by atoms with Crippen LogP contribution in [0.1, 0.15) is 26.7 Å². The van der Waals surface area contributed by atoms with E-state index in [1.807, 2.05) is 11.8 Å². The third-order valence-corrected chi connectivity index (χ3v) is 3.53. The molecule has 5 nitrogen and oxygen atoms in total. The number of ketones is 1. The van der Waals surface area contributed by atoms with Crippen LogP contribution in [0.15, 0.2) is 17.2 Å². The van der Waals surface area contributed by atoms with Crippen molar-refractivity contribution in [2.75, 3.05) is 18.0 Å². The maximum atomic E-state index is 12.1. The van der Waals surface area contributed by atoms with Crippen molar-refractivity contribution in [3.8, 4) is 0 Å². The molecule has 0 amide bonds. The summed E-state index contributed by atoms with van der Waals surface area (Å²) < 4.78 is 1.64. The molecule has 0 saturated carbocycles. The highest BCUT2D eigenvalue weighted by Gasteiger charge is 2.25. The molecule has 18 heavy (non-hydrogen) atoms. The molecule has 0 aliphatic carbocycles. The molecule has 1 unspecified atom stereocenters. The lowest BCUT2D eigenvalue weighted by Crippen LogP contribution is -2.42. The maximum Gasteiger partial charge on any atom is 0.293 e. The third kappa shape index (κ3) is 2.44. The van der Waals surface area contributed by atoms with Crippen molar-refractivity contribution in [1.29, 1.82) is 0 Å². The minimum atomic E-state index is -0.0656. The van der Waals surface area contributed by atoms with Gasteiger partial charge in [0.25, 0.3) is 5.56 Å². The van der Waals surface area contributed by atoms with Crippen molar-refractivity contribution in [2.24, 2.45) is 5.92 Å². The van der Waals surface area contributed by atoms with Crippen molar-refractivity contribution >= 4 is 11.6 Å². The van der Waals surface area contributed by atoms with Gasteiger partial charge in [-0.2, -0.15) is 0 Å². The first-order valence-electron chi connectivity index (χ1n) is 6.44. The third-order valence-electron chi connectivity index (χ3n) is 3.53. The molecule has 0 spiro atoms. The summed E-state index contributed by atoms with van der Waals surface area (Å²) in [7, 11) is 0. The van der Waals surface area contributed by atoms with Gasteiger partial charge in [-0.3, -0.25) is 9.59 Å². The second-order valence-corrected chi connectivity index (χ2v) is 4.74. The van der Waals surface area contributed by atoms with Crippen LogP contribution >= 0.6 is 0 Å². The van der Waals surface area contributed by atoms with Crippen molar-refractivity contribution in [3.63, 3.8) is 0 Å². The summed E-state index contributed by atoms with van der Waals surface area (Å²) in [6.45, 7) is 5.61. The lowest BCUT2D eigenvalue weighted by Gasteiger charge is -2.31. The highest BCUT2D eigenvalue weighted by molar-refractivity contribution is 5.79. The van der Waals surface area contributed by atoms with Gasteiger partial charge >= 0.3 is 0 Å². The first-order valence-corrected chi connectivity index (χ1v) is 6.44. The van der Waals surface area contributed by atoms with Gasteiger partial charge in [0, 0.05) is 37.9 Å². The number of nitrogens with zero attached hydrogens (tertiary/aromatic N) is 3. The molecule has 1 fully saturated rings. The van der Waals surface area contributed by atoms with E-state index in [1.165, 1.54) is 0 Å². The normalized spacial score (nSPS) is 19.9. The molecule has 0 radical (unpaired) electrons. The Morgan fingerprint density at radius 2 is 2.33 bits per heavy atom. The smallest absolute Gasteiger partial charge is 0.293 e. The van der Waals surface area contributed by atoms with Gasteiger partial charge in [-0.05, 0) is 26.7 Å². The number of carbonyl (C=O) groups excluding carboxylic acids is 1. The summed E-state index contributed by atoms with van der Waals surface area (Å²) in [5, 5.41) is 0. The van der Waals surface area contributed by atoms with Crippen LogP contribution in [0.25, 0.3) is 0 Å². The van der Waals surface area contributed by atoms with Gasteiger partial charge < -0.3 is 9.47 Å². The molecule has 1 saturated heterocycles. The van der Waals surface area contributed by atoms with E-state index < -0.39 is 0 Å². The topological polar surface area (TPSA) is 55.2 Å². The van der Waals surface area contributed by atoms with Crippen LogP contribution < -0.4 is 10.5 Å². The summed E-state index contributed by atoms with van der Waals surface area (Å²) in [6, 6.07) is 0. The fraction of sp³-hybridized carbons (Fsp3) is 0.615. The number of carbonyl (C=O) groups is 1. The number of hydrogen-bond donors (Lipinski definition) is 0. The molecule has 0 bridgehead atoms. The van der Waals surface area contributed by atoms with Gasteiger partial charge in [-0.25, -0.2) is 4.98 Å². The van der Waals surface area contributed by atoms with E-state index in [-0.39, 0.29) is 17.3 Å². The van der Waals surface area contributed by atoms with E-state index in [4.69, 9.17) is 0 Å². The summed E-state index contributed by atoms with van der Waals surface area (Å²) >= 11 is 0. The summed E-state index contributed by atoms with van der Waals surface area (Å²) in [5.41, 5.74) is -0.0656. The molecule has 1 aromatic rings. The number of anilines is 1. The highest BCUT2D eigenvalue weighted by Crippen LogP contribution is 2.19. The fourth-order valence-electron chi connectivity index (χ4n) is 2.40. The van der Waals surface area contributed by atoms with E-state index >= 15 is 0 Å². The number of aromatic nitrogens is 2. The predicted molar refractivity (Wildman–Crippen MR) is 69.8 cm³/mol. The van der Waals surface area contributed by atoms with Crippen LogP contribution in [-0.2, 0) is 11.3 Å². The number of piperidine rings is 1. The van der Waals surface area contributed by atoms with Gasteiger partial charge in [-0.15, -0.1) is 0 Å². The molecule has 1 aromatic heterocycles. The zero-order valence-corrected chi connectivity index (χ0v) is 10.9. The molecule has 2 rings (SSSR count). The molecular weight excluding hydrogens is 230 g/mol. The summed E-state index contributed by atoms with van der Waals surface area (Å²) in [5.74, 6) is 0.715. The Morgan fingerprint density at radius 3 is 3.00 bits per heavy atom. The van der Waals surface area contributed by atoms with Crippen LogP contribution in [0.3, 0.4) is 0 Å². The Balaban J connectivity index is 2.26. The van der Waals surface area contributed by atoms with Crippen molar-refractivity contribution in [3.05, 3.63) is 22.7 Å². The molecule has 1 aliphatic heterocycles. The molecule has 0 aromatic carbocycles. The molecule has 1 aliphatic rings. The average Bonchev–Trinajstić information content (AvgIpc) is 2.39.